The number of fused-ring (bicyclic) bond motifs is 7. The van der Waals surface area contributed by atoms with E-state index in [1.807, 2.05) is 0 Å². The Balaban J connectivity index is 0.788. The van der Waals surface area contributed by atoms with Gasteiger partial charge in [-0.15, -0.1) is 0 Å². The summed E-state index contributed by atoms with van der Waals surface area (Å²) in [5.41, 5.74) is 21.6. The van der Waals surface area contributed by atoms with Gasteiger partial charge in [0.15, 0.2) is 0 Å². The van der Waals surface area contributed by atoms with Crippen LogP contribution in [0.15, 0.2) is 285 Å². The first kappa shape index (κ1) is 46.1. The summed E-state index contributed by atoms with van der Waals surface area (Å²) in [4.78, 5) is 7.59. The maximum atomic E-state index is 5.23. The van der Waals surface area contributed by atoms with Crippen LogP contribution in [0.2, 0.25) is 0 Å². The zero-order valence-electron chi connectivity index (χ0n) is 43.7. The van der Waals surface area contributed by atoms with Gasteiger partial charge in [0.1, 0.15) is 5.82 Å². The monoisotopic (exact) mass is 1010 g/mol. The fourth-order valence-electron chi connectivity index (χ4n) is 12.2. The highest BCUT2D eigenvalue weighted by Gasteiger charge is 2.20. The van der Waals surface area contributed by atoms with E-state index >= 15 is 0 Å². The molecule has 3 aromatic heterocycles. The van der Waals surface area contributed by atoms with E-state index < -0.39 is 0 Å². The summed E-state index contributed by atoms with van der Waals surface area (Å²) < 4.78 is 7.08. The molecule has 15 rings (SSSR count). The molecule has 5 nitrogen and oxygen atoms in total. The van der Waals surface area contributed by atoms with Gasteiger partial charge in [0, 0.05) is 61.2 Å². The first-order chi connectivity index (χ1) is 39.1. The van der Waals surface area contributed by atoms with Crippen molar-refractivity contribution in [3.63, 3.8) is 0 Å². The molecule has 0 fully saturated rings. The molecule has 3 heterocycles. The zero-order chi connectivity index (χ0) is 52.4. The first-order valence-electron chi connectivity index (χ1n) is 27.3. The number of allylic oxidation sites excluding steroid dienone is 4. The first-order valence-corrected chi connectivity index (χ1v) is 27.3. The molecule has 1 aliphatic carbocycles. The Hall–Kier alpha value is -10.2. The minimum Gasteiger partial charge on any atom is -0.311 e. The van der Waals surface area contributed by atoms with Crippen LogP contribution >= 0.6 is 0 Å². The van der Waals surface area contributed by atoms with Crippen LogP contribution in [0.25, 0.3) is 116 Å². The second-order valence-electron chi connectivity index (χ2n) is 20.9. The van der Waals surface area contributed by atoms with Crippen LogP contribution in [-0.4, -0.2) is 18.7 Å². The van der Waals surface area contributed by atoms with Gasteiger partial charge in [-0.2, -0.15) is 0 Å². The number of benzene rings is 11. The molecule has 0 bridgehead atoms. The van der Waals surface area contributed by atoms with E-state index in [0.717, 1.165) is 79.5 Å². The molecule has 0 aliphatic heterocycles. The Bertz CT molecular complexity index is 4610. The van der Waals surface area contributed by atoms with Gasteiger partial charge in [-0.25, -0.2) is 4.98 Å². The fraction of sp³-hybridized carbons (Fsp3) is 0.0405. The molecule has 374 valence electrons. The van der Waals surface area contributed by atoms with E-state index in [-0.39, 0.29) is 0 Å². The zero-order valence-corrected chi connectivity index (χ0v) is 43.7. The quantitative estimate of drug-likeness (QED) is 0.137. The van der Waals surface area contributed by atoms with Crippen molar-refractivity contribution in [1.82, 2.24) is 18.7 Å². The minimum atomic E-state index is 0.459. The predicted molar refractivity (Wildman–Crippen MR) is 332 cm³/mol. The predicted octanol–water partition coefficient (Wildman–Crippen LogP) is 19.8. The molecule has 0 N–H and O–H groups in total. The van der Waals surface area contributed by atoms with E-state index in [2.05, 4.69) is 311 Å². The number of aromatic nitrogens is 4. The number of nitrogens with zero attached hydrogens (tertiary/aromatic N) is 5. The van der Waals surface area contributed by atoms with Crippen molar-refractivity contribution in [2.75, 3.05) is 4.90 Å². The summed E-state index contributed by atoms with van der Waals surface area (Å²) in [6, 6.07) is 97.0. The highest BCUT2D eigenvalue weighted by molar-refractivity contribution is 6.11. The molecular weight excluding hydrogens is 959 g/mol. The maximum absolute atomic E-state index is 5.23. The summed E-state index contributed by atoms with van der Waals surface area (Å²) in [5, 5.41) is 5.02. The summed E-state index contributed by atoms with van der Waals surface area (Å²) in [7, 11) is 0. The van der Waals surface area contributed by atoms with E-state index in [4.69, 9.17) is 4.98 Å². The third kappa shape index (κ3) is 8.06. The lowest BCUT2D eigenvalue weighted by Gasteiger charge is -2.26. The van der Waals surface area contributed by atoms with Crippen LogP contribution in [-0.2, 0) is 0 Å². The van der Waals surface area contributed by atoms with Crippen molar-refractivity contribution >= 4 is 77.4 Å². The molecule has 0 radical (unpaired) electrons. The van der Waals surface area contributed by atoms with Gasteiger partial charge >= 0.3 is 0 Å². The van der Waals surface area contributed by atoms with Crippen molar-refractivity contribution < 1.29 is 0 Å². The van der Waals surface area contributed by atoms with Crippen molar-refractivity contribution in [2.24, 2.45) is 5.92 Å². The molecule has 1 unspecified atom stereocenters. The molecule has 11 aromatic carbocycles. The molecule has 1 atom stereocenters. The number of hydrogen-bond acceptors (Lipinski definition) is 2. The van der Waals surface area contributed by atoms with E-state index in [1.165, 1.54) is 60.4 Å². The van der Waals surface area contributed by atoms with Crippen molar-refractivity contribution in [3.8, 4) is 56.1 Å². The average Bonchev–Trinajstić information content (AvgIpc) is 4.29. The second-order valence-corrected chi connectivity index (χ2v) is 20.9. The van der Waals surface area contributed by atoms with Gasteiger partial charge in [-0.05, 0) is 155 Å². The molecule has 79 heavy (non-hydrogen) atoms. The fourth-order valence-corrected chi connectivity index (χ4v) is 12.2. The van der Waals surface area contributed by atoms with Crippen LogP contribution in [0.4, 0.5) is 17.1 Å². The van der Waals surface area contributed by atoms with Gasteiger partial charge in [0.2, 0.25) is 0 Å². The molecule has 0 spiro atoms. The highest BCUT2D eigenvalue weighted by atomic mass is 15.1. The smallest absolute Gasteiger partial charge is 0.145 e. The van der Waals surface area contributed by atoms with Gasteiger partial charge in [-0.3, -0.25) is 4.57 Å². The third-order valence-corrected chi connectivity index (χ3v) is 16.0. The summed E-state index contributed by atoms with van der Waals surface area (Å²) in [5.74, 6) is 1.40. The Morgan fingerprint density at radius 2 is 0.797 bits per heavy atom. The van der Waals surface area contributed by atoms with E-state index in [0.29, 0.717) is 5.92 Å². The maximum Gasteiger partial charge on any atom is 0.145 e. The summed E-state index contributed by atoms with van der Waals surface area (Å²) >= 11 is 0. The van der Waals surface area contributed by atoms with Gasteiger partial charge < -0.3 is 14.0 Å². The molecule has 14 aromatic rings. The number of rotatable bonds is 10. The number of anilines is 3. The Kier molecular flexibility index (Phi) is 11.1. The van der Waals surface area contributed by atoms with Gasteiger partial charge in [-0.1, -0.05) is 183 Å². The van der Waals surface area contributed by atoms with Gasteiger partial charge in [0.25, 0.3) is 0 Å². The summed E-state index contributed by atoms with van der Waals surface area (Å²) in [6.45, 7) is 2.28. The summed E-state index contributed by atoms with van der Waals surface area (Å²) in [6.07, 6.45) is 7.93. The van der Waals surface area contributed by atoms with Crippen molar-refractivity contribution in [3.05, 3.63) is 285 Å². The molecule has 0 saturated heterocycles. The topological polar surface area (TPSA) is 30.9 Å². The van der Waals surface area contributed by atoms with E-state index in [9.17, 15) is 0 Å². The van der Waals surface area contributed by atoms with Crippen LogP contribution in [0, 0.1) is 5.92 Å². The number of para-hydroxylation sites is 6. The van der Waals surface area contributed by atoms with Crippen LogP contribution in [0.3, 0.4) is 0 Å². The number of hydrogen-bond donors (Lipinski definition) is 0. The molecule has 0 amide bonds. The van der Waals surface area contributed by atoms with Crippen LogP contribution in [0.1, 0.15) is 13.3 Å². The van der Waals surface area contributed by atoms with E-state index in [1.54, 1.807) is 0 Å². The Morgan fingerprint density at radius 1 is 0.354 bits per heavy atom. The average molecular weight is 1010 g/mol. The lowest BCUT2D eigenvalue weighted by Crippen LogP contribution is -2.09. The van der Waals surface area contributed by atoms with Crippen molar-refractivity contribution in [2.45, 2.75) is 13.3 Å². The normalized spacial score (nSPS) is 13.5. The minimum absolute atomic E-state index is 0.459. The standard InChI is InChI=1S/C74H53N5/c1-50-15-13-20-63(47-50)79-72-28-12-8-24-68(72)75-74(79)57-17-14-16-55(48-57)53-33-40-60(41-34-53)76(59-38-29-51(30-39-59)52-31-44-62(45-32-52)77-69-25-9-5-21-64(69)65-22-6-10-26-70(65)77)61-42-35-54(36-43-61)56-37-46-67-66-23-7-11-27-71(66)78(73(67)49-56)58-18-3-2-4-19-58/h2-14,16-50H,15H2,1H3. The largest absolute Gasteiger partial charge is 0.311 e. The van der Waals surface area contributed by atoms with Crippen LogP contribution < -0.4 is 4.90 Å². The highest BCUT2D eigenvalue weighted by Crippen LogP contribution is 2.41. The SMILES string of the molecule is CC1C=C(n2c(-c3cccc(-c4ccc(N(c5ccc(-c6ccc(-n7c8ccccc8c8ccccc87)cc6)cc5)c5ccc(-c6ccc7c8ccccc8n(-c8ccccc8)c7c6)cc5)cc4)c3)nc3ccccc32)C=CC1. The van der Waals surface area contributed by atoms with Gasteiger partial charge in [0.05, 0.1) is 33.1 Å². The lowest BCUT2D eigenvalue weighted by molar-refractivity contribution is 0.734. The molecule has 0 saturated carbocycles. The molecule has 5 heteroatoms. The Labute approximate surface area is 459 Å². The second kappa shape index (κ2) is 19.1. The molecule has 1 aliphatic rings. The lowest BCUT2D eigenvalue weighted by atomic mass is 10.00. The molecular formula is C74H53N5. The van der Waals surface area contributed by atoms with Crippen molar-refractivity contribution in [1.29, 1.82) is 0 Å². The van der Waals surface area contributed by atoms with Crippen LogP contribution in [0.5, 0.6) is 0 Å². The Morgan fingerprint density at radius 3 is 1.38 bits per heavy atom. The number of imidazole rings is 1. The third-order valence-electron chi connectivity index (χ3n) is 16.0.